The van der Waals surface area contributed by atoms with Gasteiger partial charge in [-0.15, -0.1) is 0 Å². The first-order valence-corrected chi connectivity index (χ1v) is 11.1. The van der Waals surface area contributed by atoms with Gasteiger partial charge in [-0.2, -0.15) is 10.1 Å². The van der Waals surface area contributed by atoms with Crippen LogP contribution < -0.4 is 5.32 Å². The van der Waals surface area contributed by atoms with Crippen molar-refractivity contribution in [2.75, 3.05) is 0 Å². The second kappa shape index (κ2) is 8.53. The number of aromatic nitrogens is 5. The van der Waals surface area contributed by atoms with E-state index in [0.717, 1.165) is 55.1 Å². The van der Waals surface area contributed by atoms with Gasteiger partial charge in [-0.1, -0.05) is 61.2 Å². The molecule has 0 radical (unpaired) electrons. The minimum absolute atomic E-state index is 0.181. The molecule has 8 nitrogen and oxygen atoms in total. The second-order valence-corrected chi connectivity index (χ2v) is 8.51. The molecule has 1 aromatic carbocycles. The van der Waals surface area contributed by atoms with Crippen LogP contribution in [-0.4, -0.2) is 30.8 Å². The van der Waals surface area contributed by atoms with Gasteiger partial charge >= 0.3 is 0 Å². The highest BCUT2D eigenvalue weighted by atomic mass is 16.5. The second-order valence-electron chi connectivity index (χ2n) is 8.51. The largest absolute Gasteiger partial charge is 0.340 e. The summed E-state index contributed by atoms with van der Waals surface area (Å²) < 4.78 is 7.09. The molecular formula is C24H26N6O2. The summed E-state index contributed by atoms with van der Waals surface area (Å²) in [4.78, 5) is 22.3. The highest BCUT2D eigenvalue weighted by Gasteiger charge is 2.39. The lowest BCUT2D eigenvalue weighted by molar-refractivity contribution is 0.0876. The van der Waals surface area contributed by atoms with E-state index in [-0.39, 0.29) is 5.91 Å². The van der Waals surface area contributed by atoms with Crippen LogP contribution in [0.3, 0.4) is 0 Å². The van der Waals surface area contributed by atoms with Gasteiger partial charge in [-0.25, -0.2) is 9.67 Å². The van der Waals surface area contributed by atoms with E-state index in [0.29, 0.717) is 23.8 Å². The Hall–Kier alpha value is -3.55. The number of amides is 1. The average molecular weight is 431 g/mol. The summed E-state index contributed by atoms with van der Waals surface area (Å²) in [7, 11) is 0. The van der Waals surface area contributed by atoms with Crippen LogP contribution in [0, 0.1) is 6.92 Å². The number of carbonyl (C=O) groups is 1. The van der Waals surface area contributed by atoms with Gasteiger partial charge in [0, 0.05) is 18.5 Å². The van der Waals surface area contributed by atoms with E-state index in [1.165, 1.54) is 0 Å². The van der Waals surface area contributed by atoms with Crippen LogP contribution in [0.4, 0.5) is 0 Å². The van der Waals surface area contributed by atoms with Crippen LogP contribution in [0.2, 0.25) is 0 Å². The number of benzene rings is 1. The first-order valence-electron chi connectivity index (χ1n) is 11.1. The Morgan fingerprint density at radius 2 is 1.91 bits per heavy atom. The Balaban J connectivity index is 1.41. The van der Waals surface area contributed by atoms with E-state index in [1.807, 2.05) is 28.9 Å². The lowest BCUT2D eigenvalue weighted by Crippen LogP contribution is -2.46. The number of nitrogens with zero attached hydrogens (tertiary/aromatic N) is 5. The van der Waals surface area contributed by atoms with E-state index < -0.39 is 5.54 Å². The van der Waals surface area contributed by atoms with Gasteiger partial charge in [0.15, 0.2) is 11.5 Å². The van der Waals surface area contributed by atoms with Crippen LogP contribution in [0.25, 0.3) is 11.0 Å². The zero-order valence-electron chi connectivity index (χ0n) is 18.1. The highest BCUT2D eigenvalue weighted by molar-refractivity contribution is 5.97. The average Bonchev–Trinajstić information content (AvgIpc) is 3.35. The van der Waals surface area contributed by atoms with Crippen LogP contribution in [-0.2, 0) is 12.1 Å². The highest BCUT2D eigenvalue weighted by Crippen LogP contribution is 2.35. The molecule has 0 unspecified atom stereocenters. The summed E-state index contributed by atoms with van der Waals surface area (Å²) in [5, 5.41) is 12.7. The summed E-state index contributed by atoms with van der Waals surface area (Å²) >= 11 is 0. The first-order chi connectivity index (χ1) is 15.6. The molecule has 3 heterocycles. The standard InChI is InChI=1S/C24H26N6O2/c1-17-27-23(29-32-17)24(11-7-2-3-8-12-24)28-22(31)20-13-19-15-26-30(21(19)25-14-20)16-18-9-5-4-6-10-18/h4-6,9-10,13-15H,2-3,7-8,11-12,16H2,1H3,(H,28,31). The fourth-order valence-corrected chi connectivity index (χ4v) is 4.49. The fraction of sp³-hybridized carbons (Fsp3) is 0.375. The third-order valence-electron chi connectivity index (χ3n) is 6.18. The smallest absolute Gasteiger partial charge is 0.253 e. The van der Waals surface area contributed by atoms with Gasteiger partial charge in [-0.05, 0) is 24.5 Å². The molecule has 0 atom stereocenters. The van der Waals surface area contributed by atoms with Crippen molar-refractivity contribution in [2.45, 2.75) is 57.5 Å². The number of hydrogen-bond acceptors (Lipinski definition) is 6. The van der Waals surface area contributed by atoms with E-state index in [4.69, 9.17) is 4.52 Å². The molecule has 0 spiro atoms. The van der Waals surface area contributed by atoms with E-state index >= 15 is 0 Å². The number of aryl methyl sites for hydroxylation is 1. The number of nitrogens with one attached hydrogen (secondary N) is 1. The predicted octanol–water partition coefficient (Wildman–Crippen LogP) is 4.15. The molecule has 8 heteroatoms. The van der Waals surface area contributed by atoms with Crippen LogP contribution in [0.5, 0.6) is 0 Å². The van der Waals surface area contributed by atoms with Crippen molar-refractivity contribution >= 4 is 16.9 Å². The summed E-state index contributed by atoms with van der Waals surface area (Å²) in [6.07, 6.45) is 9.27. The van der Waals surface area contributed by atoms with Crippen molar-refractivity contribution in [2.24, 2.45) is 0 Å². The molecule has 32 heavy (non-hydrogen) atoms. The van der Waals surface area contributed by atoms with Crippen LogP contribution in [0.15, 0.2) is 53.3 Å². The van der Waals surface area contributed by atoms with Gasteiger partial charge in [0.2, 0.25) is 5.89 Å². The number of hydrogen-bond donors (Lipinski definition) is 1. The molecule has 1 saturated carbocycles. The van der Waals surface area contributed by atoms with Crippen molar-refractivity contribution in [1.29, 1.82) is 0 Å². The number of pyridine rings is 1. The summed E-state index contributed by atoms with van der Waals surface area (Å²) in [6.45, 7) is 2.40. The predicted molar refractivity (Wildman–Crippen MR) is 119 cm³/mol. The van der Waals surface area contributed by atoms with E-state index in [1.54, 1.807) is 19.3 Å². The molecule has 0 aliphatic heterocycles. The van der Waals surface area contributed by atoms with E-state index in [9.17, 15) is 4.79 Å². The Morgan fingerprint density at radius 3 is 2.62 bits per heavy atom. The molecular weight excluding hydrogens is 404 g/mol. The maximum atomic E-state index is 13.3. The Kier molecular flexibility index (Phi) is 5.43. The van der Waals surface area contributed by atoms with Gasteiger partial charge in [0.25, 0.3) is 5.91 Å². The quantitative estimate of drug-likeness (QED) is 0.478. The van der Waals surface area contributed by atoms with Gasteiger partial charge in [0.05, 0.1) is 18.3 Å². The topological polar surface area (TPSA) is 98.7 Å². The lowest BCUT2D eigenvalue weighted by Gasteiger charge is -2.30. The van der Waals surface area contributed by atoms with Crippen molar-refractivity contribution < 1.29 is 9.32 Å². The Morgan fingerprint density at radius 1 is 1.12 bits per heavy atom. The third kappa shape index (κ3) is 4.00. The zero-order chi connectivity index (χ0) is 22.0. The van der Waals surface area contributed by atoms with Crippen molar-refractivity contribution in [3.8, 4) is 0 Å². The molecule has 1 N–H and O–H groups in total. The molecule has 4 aromatic rings. The maximum absolute atomic E-state index is 13.3. The zero-order valence-corrected chi connectivity index (χ0v) is 18.1. The molecule has 3 aromatic heterocycles. The fourth-order valence-electron chi connectivity index (χ4n) is 4.49. The van der Waals surface area contributed by atoms with E-state index in [2.05, 4.69) is 37.7 Å². The molecule has 1 aliphatic carbocycles. The normalized spacial score (nSPS) is 16.0. The SMILES string of the molecule is Cc1nc(C2(NC(=O)c3cnc4c(cnn4Cc4ccccc4)c3)CCCCCC2)no1. The Labute approximate surface area is 186 Å². The van der Waals surface area contributed by atoms with Crippen molar-refractivity contribution in [3.63, 3.8) is 0 Å². The Bertz CT molecular complexity index is 1220. The van der Waals surface area contributed by atoms with Gasteiger partial charge in [0.1, 0.15) is 5.54 Å². The number of fused-ring (bicyclic) bond motifs is 1. The maximum Gasteiger partial charge on any atom is 0.253 e. The first kappa shape index (κ1) is 20.4. The minimum Gasteiger partial charge on any atom is -0.340 e. The van der Waals surface area contributed by atoms with Crippen LogP contribution >= 0.6 is 0 Å². The lowest BCUT2D eigenvalue weighted by atomic mass is 9.88. The molecule has 5 rings (SSSR count). The summed E-state index contributed by atoms with van der Waals surface area (Å²) in [5.41, 5.74) is 1.79. The molecule has 164 valence electrons. The number of rotatable bonds is 5. The number of carbonyl (C=O) groups excluding carboxylic acids is 1. The van der Waals surface area contributed by atoms with Gasteiger partial charge < -0.3 is 9.84 Å². The molecule has 0 saturated heterocycles. The third-order valence-corrected chi connectivity index (χ3v) is 6.18. The molecule has 0 bridgehead atoms. The van der Waals surface area contributed by atoms with Gasteiger partial charge in [-0.3, -0.25) is 4.79 Å². The van der Waals surface area contributed by atoms with Crippen molar-refractivity contribution in [1.82, 2.24) is 30.2 Å². The minimum atomic E-state index is -0.613. The molecule has 1 fully saturated rings. The van der Waals surface area contributed by atoms with Crippen molar-refractivity contribution in [3.05, 3.63) is 71.6 Å². The monoisotopic (exact) mass is 430 g/mol. The molecule has 1 amide bonds. The van der Waals surface area contributed by atoms with Crippen LogP contribution in [0.1, 0.15) is 66.2 Å². The summed E-state index contributed by atoms with van der Waals surface area (Å²) in [6, 6.07) is 12.0. The molecule has 1 aliphatic rings. The summed E-state index contributed by atoms with van der Waals surface area (Å²) in [5.74, 6) is 0.890.